The molecule has 0 aliphatic rings. The summed E-state index contributed by atoms with van der Waals surface area (Å²) in [7, 11) is 1.59. The predicted molar refractivity (Wildman–Crippen MR) is 108 cm³/mol. The number of ether oxygens (including phenoxy) is 1. The van der Waals surface area contributed by atoms with Gasteiger partial charge in [0.15, 0.2) is 0 Å². The third-order valence-electron chi connectivity index (χ3n) is 3.85. The maximum absolute atomic E-state index is 10.9. The lowest BCUT2D eigenvalue weighted by Crippen LogP contribution is -1.90. The summed E-state index contributed by atoms with van der Waals surface area (Å²) < 4.78 is 5.49. The van der Waals surface area contributed by atoms with Gasteiger partial charge in [-0.1, -0.05) is 23.7 Å². The number of methoxy groups -OCH3 is 1. The molecule has 1 heterocycles. The normalized spacial score (nSPS) is 11.0. The van der Waals surface area contributed by atoms with Crippen LogP contribution in [0.15, 0.2) is 53.9 Å². The van der Waals surface area contributed by atoms with Crippen molar-refractivity contribution in [3.05, 3.63) is 63.8 Å². The standard InChI is InChI=1S/C20H16ClNO3S/c1-25-17-10-13(21)4-7-15(17)16-11-26-18(8-9-19(23)24)20(16)12-2-5-14(22)6-3-12/h2-11H,22H2,1H3,(H,23,24)/b9-8+. The SMILES string of the molecule is COc1cc(Cl)ccc1-c1csc(/C=C/C(=O)O)c1-c1ccc(N)cc1. The molecule has 6 heteroatoms. The smallest absolute Gasteiger partial charge is 0.328 e. The fraction of sp³-hybridized carbons (Fsp3) is 0.0500. The van der Waals surface area contributed by atoms with Crippen LogP contribution in [0.3, 0.4) is 0 Å². The van der Waals surface area contributed by atoms with Crippen molar-refractivity contribution in [1.29, 1.82) is 0 Å². The quantitative estimate of drug-likeness (QED) is 0.454. The van der Waals surface area contributed by atoms with E-state index in [-0.39, 0.29) is 0 Å². The van der Waals surface area contributed by atoms with Crippen LogP contribution >= 0.6 is 22.9 Å². The Balaban J connectivity index is 2.23. The summed E-state index contributed by atoms with van der Waals surface area (Å²) in [6, 6.07) is 12.9. The molecule has 3 aromatic rings. The molecule has 1 aromatic heterocycles. The number of carboxylic acids is 1. The first-order chi connectivity index (χ1) is 12.5. The number of thiophene rings is 1. The summed E-state index contributed by atoms with van der Waals surface area (Å²) in [6.07, 6.45) is 2.74. The van der Waals surface area contributed by atoms with Gasteiger partial charge in [-0.15, -0.1) is 11.3 Å². The maximum atomic E-state index is 10.9. The van der Waals surface area contributed by atoms with Gasteiger partial charge in [0.25, 0.3) is 0 Å². The van der Waals surface area contributed by atoms with Crippen LogP contribution in [0.2, 0.25) is 5.02 Å². The first-order valence-corrected chi connectivity index (χ1v) is 8.97. The number of benzene rings is 2. The first-order valence-electron chi connectivity index (χ1n) is 7.72. The van der Waals surface area contributed by atoms with E-state index in [4.69, 9.17) is 27.2 Å². The Morgan fingerprint density at radius 3 is 2.58 bits per heavy atom. The molecule has 3 N–H and O–H groups in total. The van der Waals surface area contributed by atoms with Gasteiger partial charge in [-0.3, -0.25) is 0 Å². The largest absolute Gasteiger partial charge is 0.496 e. The highest BCUT2D eigenvalue weighted by atomic mass is 35.5. The van der Waals surface area contributed by atoms with Crippen molar-refractivity contribution in [2.24, 2.45) is 0 Å². The Hall–Kier alpha value is -2.76. The van der Waals surface area contributed by atoms with Crippen LogP contribution in [0, 0.1) is 0 Å². The Morgan fingerprint density at radius 1 is 1.19 bits per heavy atom. The molecule has 0 aliphatic carbocycles. The lowest BCUT2D eigenvalue weighted by Gasteiger charge is -2.11. The van der Waals surface area contributed by atoms with E-state index in [1.54, 1.807) is 25.3 Å². The first kappa shape index (κ1) is 18.0. The minimum Gasteiger partial charge on any atom is -0.496 e. The zero-order valence-electron chi connectivity index (χ0n) is 13.9. The molecule has 132 valence electrons. The van der Waals surface area contributed by atoms with E-state index < -0.39 is 5.97 Å². The molecule has 0 saturated carbocycles. The number of hydrogen-bond acceptors (Lipinski definition) is 4. The Bertz CT molecular complexity index is 977. The highest BCUT2D eigenvalue weighted by Crippen LogP contribution is 2.44. The molecule has 0 aliphatic heterocycles. The van der Waals surface area contributed by atoms with Crippen molar-refractivity contribution >= 4 is 40.7 Å². The van der Waals surface area contributed by atoms with Gasteiger partial charge < -0.3 is 15.6 Å². The molecule has 26 heavy (non-hydrogen) atoms. The van der Waals surface area contributed by atoms with E-state index >= 15 is 0 Å². The van der Waals surface area contributed by atoms with Crippen LogP contribution in [0.4, 0.5) is 5.69 Å². The van der Waals surface area contributed by atoms with E-state index in [0.717, 1.165) is 33.2 Å². The molecular formula is C20H16ClNO3S. The highest BCUT2D eigenvalue weighted by Gasteiger charge is 2.17. The van der Waals surface area contributed by atoms with E-state index in [0.29, 0.717) is 16.5 Å². The molecule has 0 atom stereocenters. The molecule has 0 saturated heterocycles. The van der Waals surface area contributed by atoms with E-state index in [2.05, 4.69) is 0 Å². The maximum Gasteiger partial charge on any atom is 0.328 e. The summed E-state index contributed by atoms with van der Waals surface area (Å²) in [5, 5.41) is 11.5. The van der Waals surface area contributed by atoms with E-state index in [9.17, 15) is 4.79 Å². The zero-order chi connectivity index (χ0) is 18.7. The third kappa shape index (κ3) is 3.74. The van der Waals surface area contributed by atoms with Crippen LogP contribution in [-0.4, -0.2) is 18.2 Å². The van der Waals surface area contributed by atoms with Crippen LogP contribution < -0.4 is 10.5 Å². The molecule has 3 rings (SSSR count). The number of carboxylic acid groups (broad SMARTS) is 1. The number of aliphatic carboxylic acids is 1. The van der Waals surface area contributed by atoms with Crippen LogP contribution in [-0.2, 0) is 4.79 Å². The Labute approximate surface area is 160 Å². The Kier molecular flexibility index (Phi) is 5.30. The number of carbonyl (C=O) groups is 1. The molecule has 0 radical (unpaired) electrons. The van der Waals surface area contributed by atoms with Gasteiger partial charge in [0.05, 0.1) is 7.11 Å². The van der Waals surface area contributed by atoms with Crippen LogP contribution in [0.1, 0.15) is 4.88 Å². The van der Waals surface area contributed by atoms with Gasteiger partial charge in [0, 0.05) is 38.4 Å². The van der Waals surface area contributed by atoms with E-state index in [1.807, 2.05) is 35.7 Å². The summed E-state index contributed by atoms with van der Waals surface area (Å²) in [5.41, 5.74) is 10.2. The second-order valence-electron chi connectivity index (χ2n) is 5.53. The van der Waals surface area contributed by atoms with Crippen molar-refractivity contribution in [2.45, 2.75) is 0 Å². The summed E-state index contributed by atoms with van der Waals surface area (Å²) >= 11 is 7.54. The predicted octanol–water partition coefficient (Wildman–Crippen LogP) is 5.42. The number of halogens is 1. The van der Waals surface area contributed by atoms with Crippen molar-refractivity contribution in [2.75, 3.05) is 12.8 Å². The second kappa shape index (κ2) is 7.64. The Morgan fingerprint density at radius 2 is 1.92 bits per heavy atom. The molecule has 0 fully saturated rings. The van der Waals surface area contributed by atoms with Crippen molar-refractivity contribution in [3.63, 3.8) is 0 Å². The molecule has 4 nitrogen and oxygen atoms in total. The number of hydrogen-bond donors (Lipinski definition) is 2. The lowest BCUT2D eigenvalue weighted by atomic mass is 9.96. The van der Waals surface area contributed by atoms with Crippen molar-refractivity contribution in [1.82, 2.24) is 0 Å². The summed E-state index contributed by atoms with van der Waals surface area (Å²) in [5.74, 6) is -0.340. The average molecular weight is 386 g/mol. The second-order valence-corrected chi connectivity index (χ2v) is 6.87. The zero-order valence-corrected chi connectivity index (χ0v) is 15.5. The van der Waals surface area contributed by atoms with E-state index in [1.165, 1.54) is 11.3 Å². The molecule has 0 spiro atoms. The summed E-state index contributed by atoms with van der Waals surface area (Å²) in [4.78, 5) is 11.8. The molecular weight excluding hydrogens is 370 g/mol. The molecule has 2 aromatic carbocycles. The lowest BCUT2D eigenvalue weighted by molar-refractivity contribution is -0.131. The highest BCUT2D eigenvalue weighted by molar-refractivity contribution is 7.12. The monoisotopic (exact) mass is 385 g/mol. The van der Waals surface area contributed by atoms with Gasteiger partial charge in [-0.2, -0.15) is 0 Å². The molecule has 0 unspecified atom stereocenters. The minimum absolute atomic E-state index is 0.584. The van der Waals surface area contributed by atoms with Gasteiger partial charge in [0.2, 0.25) is 0 Å². The fourth-order valence-corrected chi connectivity index (χ4v) is 3.82. The third-order valence-corrected chi connectivity index (χ3v) is 5.03. The van der Waals surface area contributed by atoms with Crippen LogP contribution in [0.5, 0.6) is 5.75 Å². The van der Waals surface area contributed by atoms with Gasteiger partial charge in [-0.05, 0) is 47.4 Å². The van der Waals surface area contributed by atoms with Crippen molar-refractivity contribution in [3.8, 4) is 28.0 Å². The molecule has 0 bridgehead atoms. The number of anilines is 1. The van der Waals surface area contributed by atoms with Crippen molar-refractivity contribution < 1.29 is 14.6 Å². The van der Waals surface area contributed by atoms with Crippen LogP contribution in [0.25, 0.3) is 28.3 Å². The number of rotatable bonds is 5. The fourth-order valence-electron chi connectivity index (χ4n) is 2.68. The van der Waals surface area contributed by atoms with Gasteiger partial charge in [0.1, 0.15) is 5.75 Å². The number of nitrogen functional groups attached to an aromatic ring is 1. The minimum atomic E-state index is -0.993. The number of nitrogens with two attached hydrogens (primary N) is 1. The van der Waals surface area contributed by atoms with Gasteiger partial charge in [-0.25, -0.2) is 4.79 Å². The summed E-state index contributed by atoms with van der Waals surface area (Å²) in [6.45, 7) is 0. The van der Waals surface area contributed by atoms with Gasteiger partial charge >= 0.3 is 5.97 Å². The topological polar surface area (TPSA) is 72.5 Å². The average Bonchev–Trinajstić information content (AvgIpc) is 3.04. The molecule has 0 amide bonds.